The third kappa shape index (κ3) is 5.55. The topological polar surface area (TPSA) is 119 Å². The first-order chi connectivity index (χ1) is 15.1. The van der Waals surface area contributed by atoms with Crippen LogP contribution in [0.25, 0.3) is 0 Å². The molecule has 0 radical (unpaired) electrons. The summed E-state index contributed by atoms with van der Waals surface area (Å²) in [5.41, 5.74) is 2.34. The van der Waals surface area contributed by atoms with Crippen molar-refractivity contribution in [2.45, 2.75) is 50.0 Å². The number of nitrogens with two attached hydrogens (primary N) is 1. The van der Waals surface area contributed by atoms with Gasteiger partial charge in [0.1, 0.15) is 5.00 Å². The van der Waals surface area contributed by atoms with Crippen molar-refractivity contribution < 1.29 is 22.7 Å². The monoisotopic (exact) mass is 479 g/mol. The lowest BCUT2D eigenvalue weighted by Gasteiger charge is -2.24. The largest absolute Gasteiger partial charge is 0.465 e. The Kier molecular flexibility index (Phi) is 7.71. The first kappa shape index (κ1) is 24.4. The van der Waals surface area contributed by atoms with Crippen LogP contribution in [0.5, 0.6) is 0 Å². The third-order valence-corrected chi connectivity index (χ3v) is 7.95. The molecule has 1 aromatic carbocycles. The molecule has 0 saturated carbocycles. The van der Waals surface area contributed by atoms with E-state index in [2.05, 4.69) is 5.32 Å². The molecule has 3 N–H and O–H groups in total. The molecule has 10 heteroatoms. The van der Waals surface area contributed by atoms with Gasteiger partial charge in [0.05, 0.1) is 24.1 Å². The van der Waals surface area contributed by atoms with Gasteiger partial charge in [-0.3, -0.25) is 9.69 Å². The van der Waals surface area contributed by atoms with Crippen molar-refractivity contribution in [1.82, 2.24) is 4.90 Å². The molecule has 0 spiro atoms. The molecule has 32 heavy (non-hydrogen) atoms. The molecule has 1 aliphatic rings. The van der Waals surface area contributed by atoms with Crippen LogP contribution >= 0.6 is 11.3 Å². The van der Waals surface area contributed by atoms with Crippen molar-refractivity contribution in [2.75, 3.05) is 26.0 Å². The minimum absolute atomic E-state index is 0.0432. The Bertz CT molecular complexity index is 1090. The number of anilines is 1. The molecule has 1 aliphatic carbocycles. The normalized spacial score (nSPS) is 15.0. The number of ether oxygens (including phenoxy) is 1. The van der Waals surface area contributed by atoms with Crippen LogP contribution in [0.4, 0.5) is 5.00 Å². The summed E-state index contributed by atoms with van der Waals surface area (Å²) in [6, 6.07) is 6.14. The lowest BCUT2D eigenvalue weighted by atomic mass is 10.1. The second kappa shape index (κ2) is 10.1. The highest BCUT2D eigenvalue weighted by atomic mass is 32.2. The summed E-state index contributed by atoms with van der Waals surface area (Å²) in [6.07, 6.45) is 4.95. The molecule has 1 atom stereocenters. The van der Waals surface area contributed by atoms with E-state index >= 15 is 0 Å². The Hall–Kier alpha value is -2.27. The van der Waals surface area contributed by atoms with E-state index in [1.54, 1.807) is 12.1 Å². The van der Waals surface area contributed by atoms with Crippen LogP contribution < -0.4 is 10.5 Å². The van der Waals surface area contributed by atoms with E-state index < -0.39 is 16.0 Å². The highest BCUT2D eigenvalue weighted by molar-refractivity contribution is 7.89. The molecule has 0 fully saturated rings. The fraction of sp³-hybridized carbons (Fsp3) is 0.455. The molecule has 0 unspecified atom stereocenters. The van der Waals surface area contributed by atoms with Gasteiger partial charge in [0.2, 0.25) is 15.9 Å². The Morgan fingerprint density at radius 1 is 1.19 bits per heavy atom. The van der Waals surface area contributed by atoms with E-state index in [0.29, 0.717) is 10.6 Å². The maximum atomic E-state index is 12.8. The predicted octanol–water partition coefficient (Wildman–Crippen LogP) is 3.08. The maximum Gasteiger partial charge on any atom is 0.341 e. The minimum Gasteiger partial charge on any atom is -0.465 e. The highest BCUT2D eigenvalue weighted by Gasteiger charge is 2.27. The lowest BCUT2D eigenvalue weighted by Crippen LogP contribution is -2.32. The van der Waals surface area contributed by atoms with Gasteiger partial charge in [-0.25, -0.2) is 18.4 Å². The van der Waals surface area contributed by atoms with Gasteiger partial charge in [-0.05, 0) is 62.9 Å². The Balaban J connectivity index is 1.72. The van der Waals surface area contributed by atoms with Crippen molar-refractivity contribution >= 4 is 38.2 Å². The van der Waals surface area contributed by atoms with Gasteiger partial charge in [0, 0.05) is 10.9 Å². The molecule has 2 aromatic rings. The molecular formula is C22H29N3O5S2. The van der Waals surface area contributed by atoms with Gasteiger partial charge < -0.3 is 10.1 Å². The summed E-state index contributed by atoms with van der Waals surface area (Å²) < 4.78 is 27.9. The fourth-order valence-electron chi connectivity index (χ4n) is 3.87. The second-order valence-electron chi connectivity index (χ2n) is 8.01. The van der Waals surface area contributed by atoms with Crippen LogP contribution in [0, 0.1) is 0 Å². The van der Waals surface area contributed by atoms with Gasteiger partial charge in [-0.2, -0.15) is 0 Å². The highest BCUT2D eigenvalue weighted by Crippen LogP contribution is 2.38. The van der Waals surface area contributed by atoms with Crippen LogP contribution in [-0.2, 0) is 32.4 Å². The average Bonchev–Trinajstić information content (AvgIpc) is 2.91. The van der Waals surface area contributed by atoms with Crippen LogP contribution in [0.2, 0.25) is 0 Å². The summed E-state index contributed by atoms with van der Waals surface area (Å²) in [5.74, 6) is -0.654. The lowest BCUT2D eigenvalue weighted by molar-refractivity contribution is -0.117. The summed E-state index contributed by atoms with van der Waals surface area (Å²) >= 11 is 1.46. The summed E-state index contributed by atoms with van der Waals surface area (Å²) in [4.78, 5) is 28.3. The van der Waals surface area contributed by atoms with Gasteiger partial charge in [-0.15, -0.1) is 11.3 Å². The summed E-state index contributed by atoms with van der Waals surface area (Å²) in [5, 5.41) is 8.61. The standard InChI is InChI=1S/C22H29N3O5S2/c1-14(15-9-11-16(12-10-15)32(23,28)29)25(2)13-19(26)24-21-20(22(27)30-3)17-7-5-4-6-8-18(17)31-21/h9-12,14H,4-8,13H2,1-3H3,(H,24,26)(H2,23,28,29)/t14-/m0/s1. The Morgan fingerprint density at radius 3 is 2.47 bits per heavy atom. The summed E-state index contributed by atoms with van der Waals surface area (Å²) in [6.45, 7) is 2.02. The number of hydrogen-bond donors (Lipinski definition) is 2. The van der Waals surface area contributed by atoms with Gasteiger partial charge in [0.25, 0.3) is 0 Å². The van der Waals surface area contributed by atoms with E-state index in [4.69, 9.17) is 9.88 Å². The number of likely N-dealkylation sites (N-methyl/N-ethyl adjacent to an activating group) is 1. The number of nitrogens with one attached hydrogen (secondary N) is 1. The van der Waals surface area contributed by atoms with Crippen LogP contribution in [0.3, 0.4) is 0 Å². The number of esters is 1. The molecule has 8 nitrogen and oxygen atoms in total. The van der Waals surface area contributed by atoms with Crippen molar-refractivity contribution in [3.63, 3.8) is 0 Å². The number of thiophene rings is 1. The molecule has 3 rings (SSSR count). The Labute approximate surface area is 192 Å². The quantitative estimate of drug-likeness (QED) is 0.465. The van der Waals surface area contributed by atoms with Crippen molar-refractivity contribution in [3.8, 4) is 0 Å². The van der Waals surface area contributed by atoms with Gasteiger partial charge >= 0.3 is 5.97 Å². The number of sulfonamides is 1. The van der Waals surface area contributed by atoms with Crippen molar-refractivity contribution in [3.05, 3.63) is 45.8 Å². The minimum atomic E-state index is -3.75. The second-order valence-corrected chi connectivity index (χ2v) is 10.7. The zero-order valence-electron chi connectivity index (χ0n) is 18.5. The third-order valence-electron chi connectivity index (χ3n) is 5.81. The first-order valence-electron chi connectivity index (χ1n) is 10.5. The molecule has 0 bridgehead atoms. The number of aryl methyl sites for hydroxylation is 1. The van der Waals surface area contributed by atoms with E-state index in [-0.39, 0.29) is 23.4 Å². The smallest absolute Gasteiger partial charge is 0.341 e. The number of amides is 1. The number of hydrogen-bond acceptors (Lipinski definition) is 7. The van der Waals surface area contributed by atoms with Crippen molar-refractivity contribution in [1.29, 1.82) is 0 Å². The predicted molar refractivity (Wildman–Crippen MR) is 124 cm³/mol. The number of primary sulfonamides is 1. The molecule has 1 amide bonds. The SMILES string of the molecule is COC(=O)c1c(NC(=O)CN(C)[C@@H](C)c2ccc(S(N)(=O)=O)cc2)sc2c1CCCCC2. The number of carbonyl (C=O) groups is 2. The van der Waals surface area contributed by atoms with Crippen LogP contribution in [0.15, 0.2) is 29.2 Å². The molecule has 1 heterocycles. The van der Waals surface area contributed by atoms with Crippen LogP contribution in [0.1, 0.15) is 58.6 Å². The number of rotatable bonds is 7. The average molecular weight is 480 g/mol. The maximum absolute atomic E-state index is 12.8. The van der Waals surface area contributed by atoms with E-state index in [9.17, 15) is 18.0 Å². The zero-order chi connectivity index (χ0) is 23.5. The van der Waals surface area contributed by atoms with E-state index in [1.807, 2.05) is 18.9 Å². The number of fused-ring (bicyclic) bond motifs is 1. The van der Waals surface area contributed by atoms with Crippen LogP contribution in [-0.4, -0.2) is 45.9 Å². The van der Waals surface area contributed by atoms with E-state index in [1.165, 1.54) is 30.6 Å². The van der Waals surface area contributed by atoms with Gasteiger partial charge in [0.15, 0.2) is 0 Å². The number of carbonyl (C=O) groups excluding carboxylic acids is 2. The molecular weight excluding hydrogens is 450 g/mol. The summed E-state index contributed by atoms with van der Waals surface area (Å²) in [7, 11) is -0.590. The fourth-order valence-corrected chi connectivity index (χ4v) is 5.68. The number of benzene rings is 1. The van der Waals surface area contributed by atoms with E-state index in [0.717, 1.165) is 48.1 Å². The molecule has 0 saturated heterocycles. The molecule has 0 aliphatic heterocycles. The Morgan fingerprint density at radius 2 is 1.84 bits per heavy atom. The first-order valence-corrected chi connectivity index (χ1v) is 12.8. The zero-order valence-corrected chi connectivity index (χ0v) is 20.1. The van der Waals surface area contributed by atoms with Crippen molar-refractivity contribution in [2.24, 2.45) is 5.14 Å². The number of methoxy groups -OCH3 is 1. The molecule has 174 valence electrons. The van der Waals surface area contributed by atoms with Gasteiger partial charge in [-0.1, -0.05) is 18.6 Å². The number of nitrogens with zero attached hydrogens (tertiary/aromatic N) is 1. The molecule has 1 aromatic heterocycles.